The van der Waals surface area contributed by atoms with E-state index in [9.17, 15) is 8.78 Å². The Hall–Kier alpha value is -1.90. The summed E-state index contributed by atoms with van der Waals surface area (Å²) in [5.41, 5.74) is 3.00. The summed E-state index contributed by atoms with van der Waals surface area (Å²) in [7, 11) is 0. The molecule has 3 heteroatoms. The van der Waals surface area contributed by atoms with E-state index in [0.29, 0.717) is 17.8 Å². The summed E-state index contributed by atoms with van der Waals surface area (Å²) in [5, 5.41) is 0. The molecule has 0 atom stereocenters. The molecule has 0 spiro atoms. The molecule has 18 heavy (non-hydrogen) atoms. The van der Waals surface area contributed by atoms with Crippen LogP contribution in [-0.2, 0) is 0 Å². The molecule has 0 aliphatic carbocycles. The summed E-state index contributed by atoms with van der Waals surface area (Å²) in [5.74, 6) is -1.12. The van der Waals surface area contributed by atoms with E-state index in [1.807, 2.05) is 30.9 Å². The second-order valence-electron chi connectivity index (χ2n) is 4.22. The zero-order chi connectivity index (χ0) is 13.3. The first-order valence-electron chi connectivity index (χ1n) is 5.85. The summed E-state index contributed by atoms with van der Waals surface area (Å²) < 4.78 is 26.7. The molecule has 0 fully saturated rings. The first kappa shape index (κ1) is 12.6. The molecule has 0 amide bonds. The quantitative estimate of drug-likeness (QED) is 0.760. The van der Waals surface area contributed by atoms with E-state index < -0.39 is 11.6 Å². The van der Waals surface area contributed by atoms with Crippen LogP contribution in [0.5, 0.6) is 0 Å². The lowest BCUT2D eigenvalue weighted by Gasteiger charge is -2.31. The number of nitrogens with zero attached hydrogens (tertiary/aromatic N) is 1. The van der Waals surface area contributed by atoms with Gasteiger partial charge in [-0.3, -0.25) is 0 Å². The third-order valence-corrected chi connectivity index (χ3v) is 3.09. The molecule has 0 aromatic heterocycles. The lowest BCUT2D eigenvalue weighted by atomic mass is 10.0. The Bertz CT molecular complexity index is 556. The number of halogens is 2. The Morgan fingerprint density at radius 2 is 1.94 bits per heavy atom. The fourth-order valence-corrected chi connectivity index (χ4v) is 2.04. The Balaban J connectivity index is 2.52. The number of allylic oxidation sites excluding steroid dienone is 3. The van der Waals surface area contributed by atoms with E-state index in [-0.39, 0.29) is 0 Å². The van der Waals surface area contributed by atoms with Crippen LogP contribution in [0.4, 0.5) is 8.78 Å². The van der Waals surface area contributed by atoms with Crippen molar-refractivity contribution in [3.63, 3.8) is 0 Å². The van der Waals surface area contributed by atoms with Crippen LogP contribution in [0.25, 0.3) is 5.70 Å². The Labute approximate surface area is 106 Å². The lowest BCUT2D eigenvalue weighted by Crippen LogP contribution is -2.23. The molecule has 1 aliphatic rings. The minimum absolute atomic E-state index is 0.392. The highest BCUT2D eigenvalue weighted by molar-refractivity contribution is 5.70. The van der Waals surface area contributed by atoms with Gasteiger partial charge in [0.2, 0.25) is 0 Å². The molecule has 0 N–H and O–H groups in total. The van der Waals surface area contributed by atoms with Gasteiger partial charge < -0.3 is 4.90 Å². The largest absolute Gasteiger partial charge is 0.341 e. The summed E-state index contributed by atoms with van der Waals surface area (Å²) >= 11 is 0. The first-order valence-corrected chi connectivity index (χ1v) is 5.85. The standard InChI is InChI=1S/C15H15F2N/c1-4-18-11(3)10(2)5-8-15(18)13-7-6-12(16)9-14(13)17/h5-9H,3-4H2,1-2H3. The Morgan fingerprint density at radius 3 is 2.56 bits per heavy atom. The van der Waals surface area contributed by atoms with E-state index in [4.69, 9.17) is 0 Å². The number of likely N-dealkylation sites (N-methyl/N-ethyl adjacent to an activating group) is 1. The molecule has 1 aromatic rings. The molecule has 2 rings (SSSR count). The molecule has 1 heterocycles. The zero-order valence-corrected chi connectivity index (χ0v) is 10.5. The third kappa shape index (κ3) is 2.08. The van der Waals surface area contributed by atoms with Crippen LogP contribution in [-0.4, -0.2) is 11.4 Å². The van der Waals surface area contributed by atoms with Crippen LogP contribution in [0, 0.1) is 11.6 Å². The molecular weight excluding hydrogens is 232 g/mol. The number of hydrogen-bond acceptors (Lipinski definition) is 1. The van der Waals surface area contributed by atoms with Crippen LogP contribution in [0.1, 0.15) is 19.4 Å². The number of rotatable bonds is 2. The van der Waals surface area contributed by atoms with Crippen molar-refractivity contribution in [3.8, 4) is 0 Å². The van der Waals surface area contributed by atoms with Gasteiger partial charge in [0.25, 0.3) is 0 Å². The van der Waals surface area contributed by atoms with Crippen molar-refractivity contribution in [2.75, 3.05) is 6.54 Å². The minimum atomic E-state index is -0.568. The minimum Gasteiger partial charge on any atom is -0.341 e. The van der Waals surface area contributed by atoms with Gasteiger partial charge in [-0.15, -0.1) is 0 Å². The van der Waals surface area contributed by atoms with Crippen molar-refractivity contribution >= 4 is 5.70 Å². The monoisotopic (exact) mass is 247 g/mol. The zero-order valence-electron chi connectivity index (χ0n) is 10.5. The van der Waals surface area contributed by atoms with E-state index in [0.717, 1.165) is 17.3 Å². The highest BCUT2D eigenvalue weighted by atomic mass is 19.1. The fraction of sp³-hybridized carbons (Fsp3) is 0.200. The fourth-order valence-electron chi connectivity index (χ4n) is 2.04. The van der Waals surface area contributed by atoms with E-state index in [1.165, 1.54) is 12.1 Å². The smallest absolute Gasteiger partial charge is 0.135 e. The molecule has 0 saturated heterocycles. The normalized spacial score (nSPS) is 15.6. The van der Waals surface area contributed by atoms with Gasteiger partial charge >= 0.3 is 0 Å². The summed E-state index contributed by atoms with van der Waals surface area (Å²) in [4.78, 5) is 1.92. The van der Waals surface area contributed by atoms with Gasteiger partial charge in [-0.05, 0) is 37.6 Å². The molecule has 94 valence electrons. The van der Waals surface area contributed by atoms with Crippen molar-refractivity contribution in [1.29, 1.82) is 0 Å². The second kappa shape index (κ2) is 4.77. The van der Waals surface area contributed by atoms with Crippen LogP contribution in [0.2, 0.25) is 0 Å². The maximum Gasteiger partial charge on any atom is 0.135 e. The van der Waals surface area contributed by atoms with Crippen molar-refractivity contribution in [2.24, 2.45) is 0 Å². The van der Waals surface area contributed by atoms with Gasteiger partial charge in [-0.1, -0.05) is 12.7 Å². The molecule has 0 saturated carbocycles. The van der Waals surface area contributed by atoms with Gasteiger partial charge in [-0.2, -0.15) is 0 Å². The van der Waals surface area contributed by atoms with Crippen molar-refractivity contribution in [3.05, 3.63) is 65.4 Å². The van der Waals surface area contributed by atoms with Gasteiger partial charge in [0.1, 0.15) is 11.6 Å². The SMILES string of the molecule is C=C1C(C)=CC=C(c2ccc(F)cc2F)N1CC. The van der Waals surface area contributed by atoms with E-state index in [1.54, 1.807) is 0 Å². The molecule has 0 radical (unpaired) electrons. The predicted octanol–water partition coefficient (Wildman–Crippen LogP) is 4.10. The summed E-state index contributed by atoms with van der Waals surface area (Å²) in [6.07, 6.45) is 3.73. The van der Waals surface area contributed by atoms with Crippen LogP contribution in [0.15, 0.2) is 48.2 Å². The summed E-state index contributed by atoms with van der Waals surface area (Å²) in [6.45, 7) is 8.61. The molecule has 1 aromatic carbocycles. The van der Waals surface area contributed by atoms with Gasteiger partial charge in [-0.25, -0.2) is 8.78 Å². The lowest BCUT2D eigenvalue weighted by molar-refractivity contribution is 0.512. The Morgan fingerprint density at radius 1 is 1.22 bits per heavy atom. The second-order valence-corrected chi connectivity index (χ2v) is 4.22. The molecule has 0 unspecified atom stereocenters. The molecule has 0 bridgehead atoms. The number of hydrogen-bond donors (Lipinski definition) is 0. The van der Waals surface area contributed by atoms with Gasteiger partial charge in [0.05, 0.1) is 5.70 Å². The number of benzene rings is 1. The van der Waals surface area contributed by atoms with Crippen molar-refractivity contribution in [2.45, 2.75) is 13.8 Å². The average molecular weight is 247 g/mol. The van der Waals surface area contributed by atoms with E-state index in [2.05, 4.69) is 6.58 Å². The van der Waals surface area contributed by atoms with Crippen molar-refractivity contribution in [1.82, 2.24) is 4.90 Å². The molecular formula is C15H15F2N. The van der Waals surface area contributed by atoms with Gasteiger partial charge in [0, 0.05) is 23.9 Å². The summed E-state index contributed by atoms with van der Waals surface area (Å²) in [6, 6.07) is 3.62. The van der Waals surface area contributed by atoms with Crippen LogP contribution >= 0.6 is 0 Å². The highest BCUT2D eigenvalue weighted by Crippen LogP contribution is 2.31. The third-order valence-electron chi connectivity index (χ3n) is 3.09. The van der Waals surface area contributed by atoms with Crippen LogP contribution < -0.4 is 0 Å². The Kier molecular flexibility index (Phi) is 3.32. The predicted molar refractivity (Wildman–Crippen MR) is 69.6 cm³/mol. The maximum atomic E-state index is 13.8. The highest BCUT2D eigenvalue weighted by Gasteiger charge is 2.20. The average Bonchev–Trinajstić information content (AvgIpc) is 2.33. The van der Waals surface area contributed by atoms with E-state index >= 15 is 0 Å². The van der Waals surface area contributed by atoms with Gasteiger partial charge in [0.15, 0.2) is 0 Å². The topological polar surface area (TPSA) is 3.24 Å². The molecule has 1 aliphatic heterocycles. The first-order chi connectivity index (χ1) is 8.54. The maximum absolute atomic E-state index is 13.8. The van der Waals surface area contributed by atoms with Crippen molar-refractivity contribution < 1.29 is 8.78 Å². The van der Waals surface area contributed by atoms with Crippen LogP contribution in [0.3, 0.4) is 0 Å². The molecule has 1 nitrogen and oxygen atoms in total.